The molecule has 1 aromatic heterocycles. The van der Waals surface area contributed by atoms with E-state index in [4.69, 9.17) is 5.11 Å². The number of aromatic nitrogens is 1. The van der Waals surface area contributed by atoms with Crippen LogP contribution >= 0.6 is 0 Å². The first kappa shape index (κ1) is 8.80. The first-order chi connectivity index (χ1) is 5.74. The summed E-state index contributed by atoms with van der Waals surface area (Å²) in [5, 5.41) is 11.5. The van der Waals surface area contributed by atoms with Crippen molar-refractivity contribution in [3.63, 3.8) is 0 Å². The highest BCUT2D eigenvalue weighted by atomic mass is 16.3. The van der Waals surface area contributed by atoms with Crippen LogP contribution in [0.5, 0.6) is 0 Å². The van der Waals surface area contributed by atoms with Crippen LogP contribution in [0.3, 0.4) is 0 Å². The van der Waals surface area contributed by atoms with Gasteiger partial charge < -0.3 is 15.4 Å². The molecule has 1 heterocycles. The van der Waals surface area contributed by atoms with Crippen LogP contribution in [0.4, 0.5) is 0 Å². The summed E-state index contributed by atoms with van der Waals surface area (Å²) in [6.07, 6.45) is 3.50. The third kappa shape index (κ3) is 2.10. The number of hydrogen-bond donors (Lipinski definition) is 3. The Morgan fingerprint density at radius 3 is 3.00 bits per heavy atom. The van der Waals surface area contributed by atoms with E-state index in [0.29, 0.717) is 0 Å². The van der Waals surface area contributed by atoms with Gasteiger partial charge in [-0.25, -0.2) is 0 Å². The Kier molecular flexibility index (Phi) is 2.88. The van der Waals surface area contributed by atoms with Crippen LogP contribution in [0, 0.1) is 0 Å². The second kappa shape index (κ2) is 3.92. The van der Waals surface area contributed by atoms with E-state index in [2.05, 4.69) is 10.3 Å². The second-order valence-corrected chi connectivity index (χ2v) is 2.58. The summed E-state index contributed by atoms with van der Waals surface area (Å²) in [5.74, 6) is -0.143. The molecule has 1 rings (SSSR count). The molecule has 4 heteroatoms. The van der Waals surface area contributed by atoms with Crippen LogP contribution in [-0.4, -0.2) is 22.6 Å². The Morgan fingerprint density at radius 1 is 1.83 bits per heavy atom. The number of aromatic amines is 1. The molecule has 1 aromatic rings. The number of H-pyrrole nitrogens is 1. The van der Waals surface area contributed by atoms with Gasteiger partial charge in [0.15, 0.2) is 0 Å². The third-order valence-electron chi connectivity index (χ3n) is 1.58. The van der Waals surface area contributed by atoms with Gasteiger partial charge in [-0.2, -0.15) is 0 Å². The van der Waals surface area contributed by atoms with Gasteiger partial charge in [0.25, 0.3) is 0 Å². The first-order valence-corrected chi connectivity index (χ1v) is 3.74. The zero-order valence-corrected chi connectivity index (χ0v) is 6.87. The van der Waals surface area contributed by atoms with Crippen molar-refractivity contribution >= 4 is 5.91 Å². The number of hydrogen-bond acceptors (Lipinski definition) is 2. The molecule has 0 saturated carbocycles. The van der Waals surface area contributed by atoms with Crippen LogP contribution in [0.2, 0.25) is 0 Å². The molecule has 0 radical (unpaired) electrons. The molecule has 3 N–H and O–H groups in total. The van der Waals surface area contributed by atoms with E-state index in [1.54, 1.807) is 12.4 Å². The lowest BCUT2D eigenvalue weighted by Crippen LogP contribution is -2.28. The zero-order chi connectivity index (χ0) is 8.97. The van der Waals surface area contributed by atoms with Gasteiger partial charge in [0.2, 0.25) is 5.91 Å². The number of carbonyl (C=O) groups is 1. The lowest BCUT2D eigenvalue weighted by atomic mass is 10.1. The molecule has 1 atom stereocenters. The number of aliphatic hydroxyl groups excluding tert-OH is 1. The lowest BCUT2D eigenvalue weighted by Gasteiger charge is -2.12. The maximum atomic E-state index is 10.7. The second-order valence-electron chi connectivity index (χ2n) is 2.58. The van der Waals surface area contributed by atoms with E-state index < -0.39 is 0 Å². The van der Waals surface area contributed by atoms with Gasteiger partial charge in [-0.1, -0.05) is 0 Å². The van der Waals surface area contributed by atoms with Crippen molar-refractivity contribution in [3.8, 4) is 0 Å². The minimum absolute atomic E-state index is 0.0859. The lowest BCUT2D eigenvalue weighted by molar-refractivity contribution is -0.120. The predicted octanol–water partition coefficient (Wildman–Crippen LogP) is 0.184. The highest BCUT2D eigenvalue weighted by molar-refractivity contribution is 5.73. The van der Waals surface area contributed by atoms with Crippen LogP contribution < -0.4 is 5.32 Å². The number of rotatable bonds is 3. The van der Waals surface area contributed by atoms with Gasteiger partial charge in [0.05, 0.1) is 12.6 Å². The first-order valence-electron chi connectivity index (χ1n) is 3.74. The quantitative estimate of drug-likeness (QED) is 0.603. The van der Waals surface area contributed by atoms with Crippen molar-refractivity contribution in [1.82, 2.24) is 10.3 Å². The Morgan fingerprint density at radius 2 is 2.58 bits per heavy atom. The van der Waals surface area contributed by atoms with Crippen molar-refractivity contribution < 1.29 is 9.90 Å². The van der Waals surface area contributed by atoms with Gasteiger partial charge >= 0.3 is 0 Å². The summed E-state index contributed by atoms with van der Waals surface area (Å²) in [5.41, 5.74) is 0.882. The normalized spacial score (nSPS) is 12.5. The van der Waals surface area contributed by atoms with Gasteiger partial charge in [0.1, 0.15) is 0 Å². The van der Waals surface area contributed by atoms with Crippen molar-refractivity contribution in [2.75, 3.05) is 6.61 Å². The van der Waals surface area contributed by atoms with E-state index in [1.807, 2.05) is 6.07 Å². The smallest absolute Gasteiger partial charge is 0.217 e. The molecule has 0 aliphatic heterocycles. The number of amides is 1. The summed E-state index contributed by atoms with van der Waals surface area (Å²) >= 11 is 0. The maximum absolute atomic E-state index is 10.7. The van der Waals surface area contributed by atoms with Gasteiger partial charge in [-0.05, 0) is 11.6 Å². The fraction of sp³-hybridized carbons (Fsp3) is 0.375. The molecular weight excluding hydrogens is 156 g/mol. The summed E-state index contributed by atoms with van der Waals surface area (Å²) in [4.78, 5) is 13.5. The minimum Gasteiger partial charge on any atom is -0.394 e. The molecule has 0 spiro atoms. The van der Waals surface area contributed by atoms with Gasteiger partial charge in [-0.15, -0.1) is 0 Å². The maximum Gasteiger partial charge on any atom is 0.217 e. The summed E-state index contributed by atoms with van der Waals surface area (Å²) in [7, 11) is 0. The average Bonchev–Trinajstić information content (AvgIpc) is 2.51. The fourth-order valence-electron chi connectivity index (χ4n) is 1.03. The van der Waals surface area contributed by atoms with Gasteiger partial charge in [-0.3, -0.25) is 4.79 Å². The van der Waals surface area contributed by atoms with E-state index in [0.717, 1.165) is 5.56 Å². The summed E-state index contributed by atoms with van der Waals surface area (Å²) in [6.45, 7) is 1.34. The topological polar surface area (TPSA) is 65.1 Å². The number of aliphatic hydroxyl groups is 1. The molecule has 0 fully saturated rings. The highest BCUT2D eigenvalue weighted by Crippen LogP contribution is 2.09. The molecular formula is C8H12N2O2. The molecule has 4 nitrogen and oxygen atoms in total. The summed E-state index contributed by atoms with van der Waals surface area (Å²) in [6, 6.07) is 1.52. The Hall–Kier alpha value is -1.29. The van der Waals surface area contributed by atoms with Crippen LogP contribution in [-0.2, 0) is 4.79 Å². The Labute approximate surface area is 70.6 Å². The van der Waals surface area contributed by atoms with Crippen molar-refractivity contribution in [2.24, 2.45) is 0 Å². The Bertz CT molecular complexity index is 244. The molecule has 1 unspecified atom stereocenters. The van der Waals surface area contributed by atoms with E-state index >= 15 is 0 Å². The largest absolute Gasteiger partial charge is 0.394 e. The zero-order valence-electron chi connectivity index (χ0n) is 6.87. The monoisotopic (exact) mass is 168 g/mol. The predicted molar refractivity (Wildman–Crippen MR) is 44.4 cm³/mol. The number of carbonyl (C=O) groups excluding carboxylic acids is 1. The van der Waals surface area contributed by atoms with E-state index in [1.165, 1.54) is 6.92 Å². The van der Waals surface area contributed by atoms with Crippen LogP contribution in [0.25, 0.3) is 0 Å². The van der Waals surface area contributed by atoms with Crippen molar-refractivity contribution in [1.29, 1.82) is 0 Å². The molecule has 12 heavy (non-hydrogen) atoms. The van der Waals surface area contributed by atoms with Crippen molar-refractivity contribution in [2.45, 2.75) is 13.0 Å². The molecule has 0 aromatic carbocycles. The van der Waals surface area contributed by atoms with Crippen LogP contribution in [0.15, 0.2) is 18.5 Å². The van der Waals surface area contributed by atoms with E-state index in [-0.39, 0.29) is 18.6 Å². The van der Waals surface area contributed by atoms with Crippen LogP contribution in [0.1, 0.15) is 18.5 Å². The molecule has 66 valence electrons. The summed E-state index contributed by atoms with van der Waals surface area (Å²) < 4.78 is 0. The number of nitrogens with one attached hydrogen (secondary N) is 2. The average molecular weight is 168 g/mol. The van der Waals surface area contributed by atoms with Crippen molar-refractivity contribution in [3.05, 3.63) is 24.0 Å². The SMILES string of the molecule is CC(=O)NC(CO)c1cc[nH]c1. The van der Waals surface area contributed by atoms with E-state index in [9.17, 15) is 4.79 Å². The minimum atomic E-state index is -0.297. The molecule has 1 amide bonds. The fourth-order valence-corrected chi connectivity index (χ4v) is 1.03. The third-order valence-corrected chi connectivity index (χ3v) is 1.58. The molecule has 0 saturated heterocycles. The standard InChI is InChI=1S/C8H12N2O2/c1-6(12)10-8(5-11)7-2-3-9-4-7/h2-4,8-9,11H,5H2,1H3,(H,10,12). The molecule has 0 aliphatic carbocycles. The highest BCUT2D eigenvalue weighted by Gasteiger charge is 2.10. The Balaban J connectivity index is 2.63. The van der Waals surface area contributed by atoms with Gasteiger partial charge in [0, 0.05) is 19.3 Å². The molecule has 0 bridgehead atoms. The molecule has 0 aliphatic rings.